The first kappa shape index (κ1) is 7.49. The van der Waals surface area contributed by atoms with Crippen LogP contribution in [0.5, 0.6) is 0 Å². The van der Waals surface area contributed by atoms with Gasteiger partial charge < -0.3 is 0 Å². The Bertz CT molecular complexity index is 180. The van der Waals surface area contributed by atoms with Crippen LogP contribution in [0.25, 0.3) is 0 Å². The maximum atomic E-state index is 5.14. The second kappa shape index (κ2) is 3.49. The van der Waals surface area contributed by atoms with Gasteiger partial charge in [-0.1, -0.05) is 35.3 Å². The van der Waals surface area contributed by atoms with Gasteiger partial charge in [-0.3, -0.25) is 4.18 Å². The highest BCUT2D eigenvalue weighted by Gasteiger charge is 2.17. The Balaban J connectivity index is 2.12. The van der Waals surface area contributed by atoms with Gasteiger partial charge in [-0.05, 0) is 10.8 Å². The van der Waals surface area contributed by atoms with E-state index in [1.165, 1.54) is 20.5 Å². The van der Waals surface area contributed by atoms with Gasteiger partial charge in [-0.25, -0.2) is 0 Å². The van der Waals surface area contributed by atoms with Crippen LogP contribution in [0.3, 0.4) is 0 Å². The Labute approximate surface area is 76.6 Å². The standard InChI is InChI=1S/C5H4OS4/c1-2-8-4(7-1)5-9-3-6-10-5/h1-2H,3H2. The Morgan fingerprint density at radius 2 is 2.00 bits per heavy atom. The predicted octanol–water partition coefficient (Wildman–Crippen LogP) is 3.43. The number of rotatable bonds is 0. The summed E-state index contributed by atoms with van der Waals surface area (Å²) < 4.78 is 7.82. The molecule has 0 radical (unpaired) electrons. The molecule has 0 atom stereocenters. The molecule has 2 rings (SSSR count). The highest BCUT2D eigenvalue weighted by Crippen LogP contribution is 2.50. The summed E-state index contributed by atoms with van der Waals surface area (Å²) in [5.41, 5.74) is 0. The molecule has 5 heteroatoms. The summed E-state index contributed by atoms with van der Waals surface area (Å²) in [6, 6.07) is 0. The molecule has 10 heavy (non-hydrogen) atoms. The lowest BCUT2D eigenvalue weighted by Gasteiger charge is -1.94. The molecule has 1 fully saturated rings. The lowest BCUT2D eigenvalue weighted by atomic mass is 11.2. The van der Waals surface area contributed by atoms with E-state index in [0.717, 1.165) is 5.94 Å². The third-order valence-electron chi connectivity index (χ3n) is 0.945. The van der Waals surface area contributed by atoms with E-state index in [4.69, 9.17) is 4.18 Å². The maximum Gasteiger partial charge on any atom is 0.112 e. The number of hydrogen-bond acceptors (Lipinski definition) is 5. The SMILES string of the molecule is C1=CSC(=C2SCOS2)S1. The van der Waals surface area contributed by atoms with Crippen molar-refractivity contribution in [2.24, 2.45) is 0 Å². The van der Waals surface area contributed by atoms with Gasteiger partial charge in [-0.2, -0.15) is 0 Å². The normalized spacial score (nSPS) is 24.8. The molecule has 0 amide bonds. The van der Waals surface area contributed by atoms with Crippen LogP contribution in [0, 0.1) is 0 Å². The van der Waals surface area contributed by atoms with Crippen LogP contribution in [0.1, 0.15) is 0 Å². The molecule has 0 aliphatic carbocycles. The predicted molar refractivity (Wildman–Crippen MR) is 52.5 cm³/mol. The molecule has 0 bridgehead atoms. The topological polar surface area (TPSA) is 9.23 Å². The Hall–Kier alpha value is 0.840. The van der Waals surface area contributed by atoms with Crippen molar-refractivity contribution in [3.8, 4) is 0 Å². The van der Waals surface area contributed by atoms with Crippen LogP contribution in [0.2, 0.25) is 0 Å². The van der Waals surface area contributed by atoms with Gasteiger partial charge in [0.25, 0.3) is 0 Å². The van der Waals surface area contributed by atoms with Crippen molar-refractivity contribution >= 4 is 47.3 Å². The van der Waals surface area contributed by atoms with Crippen molar-refractivity contribution in [2.45, 2.75) is 0 Å². The summed E-state index contributed by atoms with van der Waals surface area (Å²) >= 11 is 6.84. The first-order valence-corrected chi connectivity index (χ1v) is 6.10. The van der Waals surface area contributed by atoms with Crippen molar-refractivity contribution in [1.82, 2.24) is 0 Å². The molecule has 2 heterocycles. The highest BCUT2D eigenvalue weighted by atomic mass is 32.2. The minimum atomic E-state index is 0.796. The van der Waals surface area contributed by atoms with Gasteiger partial charge in [0.05, 0.1) is 8.47 Å². The van der Waals surface area contributed by atoms with E-state index in [1.807, 2.05) is 0 Å². The molecule has 54 valence electrons. The summed E-state index contributed by atoms with van der Waals surface area (Å²) in [7, 11) is 0. The lowest BCUT2D eigenvalue weighted by Crippen LogP contribution is -1.62. The molecule has 0 unspecified atom stereocenters. The van der Waals surface area contributed by atoms with Gasteiger partial charge in [0.2, 0.25) is 0 Å². The van der Waals surface area contributed by atoms with Crippen molar-refractivity contribution in [3.63, 3.8) is 0 Å². The second-order valence-electron chi connectivity index (χ2n) is 1.55. The van der Waals surface area contributed by atoms with Crippen LogP contribution in [0.4, 0.5) is 0 Å². The smallest absolute Gasteiger partial charge is 0.112 e. The van der Waals surface area contributed by atoms with E-state index >= 15 is 0 Å². The molecule has 2 aliphatic heterocycles. The third kappa shape index (κ3) is 1.53. The van der Waals surface area contributed by atoms with Gasteiger partial charge >= 0.3 is 0 Å². The Morgan fingerprint density at radius 1 is 1.20 bits per heavy atom. The number of thioether (sulfide) groups is 3. The molecule has 2 aliphatic rings. The Morgan fingerprint density at radius 3 is 2.60 bits per heavy atom. The van der Waals surface area contributed by atoms with Gasteiger partial charge in [-0.15, -0.1) is 0 Å². The van der Waals surface area contributed by atoms with E-state index < -0.39 is 0 Å². The summed E-state index contributed by atoms with van der Waals surface area (Å²) in [6.45, 7) is 0. The van der Waals surface area contributed by atoms with E-state index in [-0.39, 0.29) is 0 Å². The molecule has 0 spiro atoms. The quantitative estimate of drug-likeness (QED) is 0.562. The van der Waals surface area contributed by atoms with Gasteiger partial charge in [0.1, 0.15) is 5.94 Å². The summed E-state index contributed by atoms with van der Waals surface area (Å²) in [4.78, 5) is 0. The molecule has 1 nitrogen and oxygen atoms in total. The molecule has 0 aromatic heterocycles. The van der Waals surface area contributed by atoms with Crippen LogP contribution < -0.4 is 0 Å². The molecule has 1 saturated heterocycles. The van der Waals surface area contributed by atoms with E-state index in [9.17, 15) is 0 Å². The zero-order chi connectivity index (χ0) is 6.81. The fraction of sp³-hybridized carbons (Fsp3) is 0.200. The van der Waals surface area contributed by atoms with Crippen molar-refractivity contribution in [2.75, 3.05) is 5.94 Å². The molecule has 0 aromatic rings. The minimum absolute atomic E-state index is 0.796. The number of hydrogen-bond donors (Lipinski definition) is 0. The summed E-state index contributed by atoms with van der Waals surface area (Å²) in [6.07, 6.45) is 0. The summed E-state index contributed by atoms with van der Waals surface area (Å²) in [5.74, 6) is 0.796. The first-order valence-electron chi connectivity index (χ1n) is 2.62. The fourth-order valence-electron chi connectivity index (χ4n) is 0.575. The highest BCUT2D eigenvalue weighted by molar-refractivity contribution is 8.31. The first-order chi connectivity index (χ1) is 4.97. The third-order valence-corrected chi connectivity index (χ3v) is 5.59. The van der Waals surface area contributed by atoms with Crippen molar-refractivity contribution in [1.29, 1.82) is 0 Å². The van der Waals surface area contributed by atoms with Crippen LogP contribution in [-0.4, -0.2) is 5.94 Å². The molecule has 0 N–H and O–H groups in total. The van der Waals surface area contributed by atoms with E-state index in [2.05, 4.69) is 10.8 Å². The van der Waals surface area contributed by atoms with Crippen molar-refractivity contribution < 1.29 is 4.18 Å². The Kier molecular flexibility index (Phi) is 2.61. The molecular formula is C5H4OS4. The van der Waals surface area contributed by atoms with E-state index in [0.29, 0.717) is 0 Å². The van der Waals surface area contributed by atoms with Crippen LogP contribution in [0.15, 0.2) is 19.3 Å². The van der Waals surface area contributed by atoms with Gasteiger partial charge in [0.15, 0.2) is 0 Å². The van der Waals surface area contributed by atoms with E-state index in [1.54, 1.807) is 35.3 Å². The van der Waals surface area contributed by atoms with Gasteiger partial charge in [0, 0.05) is 12.0 Å². The second-order valence-corrected chi connectivity index (χ2v) is 5.64. The maximum absolute atomic E-state index is 5.14. The molecule has 0 aromatic carbocycles. The monoisotopic (exact) mass is 208 g/mol. The zero-order valence-electron chi connectivity index (χ0n) is 4.90. The summed E-state index contributed by atoms with van der Waals surface area (Å²) in [5, 5.41) is 4.21. The van der Waals surface area contributed by atoms with Crippen molar-refractivity contribution in [3.05, 3.63) is 19.3 Å². The zero-order valence-corrected chi connectivity index (χ0v) is 8.17. The lowest BCUT2D eigenvalue weighted by molar-refractivity contribution is 0.475. The minimum Gasteiger partial charge on any atom is -0.299 e. The fourth-order valence-corrected chi connectivity index (χ4v) is 4.42. The molecule has 0 saturated carbocycles. The average Bonchev–Trinajstić information content (AvgIpc) is 2.59. The average molecular weight is 208 g/mol. The largest absolute Gasteiger partial charge is 0.299 e. The van der Waals surface area contributed by atoms with Crippen LogP contribution >= 0.6 is 47.3 Å². The molecular weight excluding hydrogens is 204 g/mol. The van der Waals surface area contributed by atoms with Crippen LogP contribution in [-0.2, 0) is 4.18 Å².